The quantitative estimate of drug-likeness (QED) is 0.805. The second kappa shape index (κ2) is 6.30. The van der Waals surface area contributed by atoms with E-state index in [0.717, 1.165) is 31.5 Å². The number of piperidine rings is 1. The minimum absolute atomic E-state index is 0.230. The molecule has 1 N–H and O–H groups in total. The van der Waals surface area contributed by atoms with Crippen LogP contribution in [0.2, 0.25) is 0 Å². The van der Waals surface area contributed by atoms with E-state index in [4.69, 9.17) is 0 Å². The Bertz CT molecular complexity index is 380. The normalized spacial score (nSPS) is 17.4. The predicted octanol–water partition coefficient (Wildman–Crippen LogP) is 2.05. The maximum atomic E-state index is 11.8. The third-order valence-electron chi connectivity index (χ3n) is 3.12. The van der Waals surface area contributed by atoms with Crippen molar-refractivity contribution in [2.75, 3.05) is 13.1 Å². The van der Waals surface area contributed by atoms with Gasteiger partial charge >= 0.3 is 0 Å². The van der Waals surface area contributed by atoms with Gasteiger partial charge in [0, 0.05) is 18.8 Å². The smallest absolute Gasteiger partial charge is 0.155 e. The number of aromatic nitrogens is 1. The minimum Gasteiger partial charge on any atom is -0.317 e. The molecule has 0 atom stereocenters. The zero-order chi connectivity index (χ0) is 11.9. The lowest BCUT2D eigenvalue weighted by Gasteiger charge is -2.21. The summed E-state index contributed by atoms with van der Waals surface area (Å²) < 4.78 is 0. The molecule has 0 unspecified atom stereocenters. The summed E-state index contributed by atoms with van der Waals surface area (Å²) in [5.74, 6) is 0.791. The summed E-state index contributed by atoms with van der Waals surface area (Å²) >= 11 is 0. The van der Waals surface area contributed by atoms with Crippen LogP contribution >= 0.6 is 0 Å². The second-order valence-electron chi connectivity index (χ2n) is 4.48. The maximum absolute atomic E-state index is 11.8. The molecule has 0 radical (unpaired) electrons. The van der Waals surface area contributed by atoms with Gasteiger partial charge < -0.3 is 5.32 Å². The van der Waals surface area contributed by atoms with E-state index in [0.29, 0.717) is 12.3 Å². The zero-order valence-corrected chi connectivity index (χ0v) is 9.93. The van der Waals surface area contributed by atoms with E-state index in [1.165, 1.54) is 0 Å². The molecule has 3 heteroatoms. The number of pyridine rings is 1. The van der Waals surface area contributed by atoms with Gasteiger partial charge in [0.15, 0.2) is 5.78 Å². The fraction of sp³-hybridized carbons (Fsp3) is 0.429. The Morgan fingerprint density at radius 2 is 2.06 bits per heavy atom. The molecule has 0 bridgehead atoms. The van der Waals surface area contributed by atoms with Crippen LogP contribution in [0.5, 0.6) is 0 Å². The summed E-state index contributed by atoms with van der Waals surface area (Å²) in [5.41, 5.74) is 1.03. The van der Waals surface area contributed by atoms with E-state index in [1.807, 2.05) is 18.2 Å². The van der Waals surface area contributed by atoms with Crippen LogP contribution < -0.4 is 5.32 Å². The molecule has 90 valence electrons. The highest BCUT2D eigenvalue weighted by molar-refractivity contribution is 5.93. The highest BCUT2D eigenvalue weighted by Gasteiger charge is 2.15. The van der Waals surface area contributed by atoms with Gasteiger partial charge in [0.1, 0.15) is 0 Å². The average molecular weight is 230 g/mol. The highest BCUT2D eigenvalue weighted by Crippen LogP contribution is 2.16. The Morgan fingerprint density at radius 1 is 1.35 bits per heavy atom. The summed E-state index contributed by atoms with van der Waals surface area (Å²) in [4.78, 5) is 15.7. The van der Waals surface area contributed by atoms with Crippen molar-refractivity contribution in [1.82, 2.24) is 10.3 Å². The maximum Gasteiger partial charge on any atom is 0.155 e. The molecule has 1 aliphatic heterocycles. The Labute approximate surface area is 102 Å². The number of hydrogen-bond acceptors (Lipinski definition) is 3. The highest BCUT2D eigenvalue weighted by atomic mass is 16.1. The van der Waals surface area contributed by atoms with Crippen LogP contribution in [0.15, 0.2) is 30.6 Å². The lowest BCUT2D eigenvalue weighted by molar-refractivity contribution is -0.115. The third kappa shape index (κ3) is 4.11. The van der Waals surface area contributed by atoms with E-state index in [2.05, 4.69) is 10.3 Å². The number of rotatable bonds is 4. The monoisotopic (exact) mass is 230 g/mol. The van der Waals surface area contributed by atoms with Crippen molar-refractivity contribution in [2.24, 2.45) is 5.92 Å². The minimum atomic E-state index is 0.230. The molecule has 1 aliphatic rings. The summed E-state index contributed by atoms with van der Waals surface area (Å²) in [6.07, 6.45) is 9.95. The van der Waals surface area contributed by atoms with Crippen LogP contribution in [0, 0.1) is 5.92 Å². The molecule has 0 aromatic carbocycles. The van der Waals surface area contributed by atoms with Gasteiger partial charge in [-0.15, -0.1) is 0 Å². The second-order valence-corrected chi connectivity index (χ2v) is 4.48. The Balaban J connectivity index is 1.82. The largest absolute Gasteiger partial charge is 0.317 e. The molecular formula is C14H18N2O. The van der Waals surface area contributed by atoms with E-state index in [1.54, 1.807) is 18.5 Å². The van der Waals surface area contributed by atoms with E-state index in [9.17, 15) is 4.79 Å². The predicted molar refractivity (Wildman–Crippen MR) is 68.5 cm³/mol. The van der Waals surface area contributed by atoms with Gasteiger partial charge in [0.25, 0.3) is 0 Å². The molecule has 1 saturated heterocycles. The molecule has 17 heavy (non-hydrogen) atoms. The molecule has 0 aliphatic carbocycles. The third-order valence-corrected chi connectivity index (χ3v) is 3.12. The van der Waals surface area contributed by atoms with Crippen LogP contribution in [-0.4, -0.2) is 23.9 Å². The van der Waals surface area contributed by atoms with Gasteiger partial charge in [-0.3, -0.25) is 9.78 Å². The number of allylic oxidation sites excluding steroid dienone is 1. The topological polar surface area (TPSA) is 42.0 Å². The van der Waals surface area contributed by atoms with Gasteiger partial charge in [0.2, 0.25) is 0 Å². The number of carbonyl (C=O) groups excluding carboxylic acids is 1. The number of nitrogens with zero attached hydrogens (tertiary/aromatic N) is 1. The molecule has 1 fully saturated rings. The Kier molecular flexibility index (Phi) is 4.45. The van der Waals surface area contributed by atoms with Crippen LogP contribution in [-0.2, 0) is 4.79 Å². The van der Waals surface area contributed by atoms with Crippen molar-refractivity contribution in [3.8, 4) is 0 Å². The van der Waals surface area contributed by atoms with Crippen LogP contribution in [0.25, 0.3) is 6.08 Å². The van der Waals surface area contributed by atoms with E-state index >= 15 is 0 Å². The van der Waals surface area contributed by atoms with Crippen molar-refractivity contribution >= 4 is 11.9 Å². The molecule has 0 saturated carbocycles. The molecule has 2 rings (SSSR count). The summed E-state index contributed by atoms with van der Waals surface area (Å²) in [5, 5.41) is 3.31. The SMILES string of the molecule is O=C(/C=C/c1ccncc1)CC1CCNCC1. The van der Waals surface area contributed by atoms with E-state index in [-0.39, 0.29) is 5.78 Å². The van der Waals surface area contributed by atoms with Gasteiger partial charge in [-0.05, 0) is 55.6 Å². The molecular weight excluding hydrogens is 212 g/mol. The Hall–Kier alpha value is -1.48. The Morgan fingerprint density at radius 3 is 2.76 bits per heavy atom. The molecule has 3 nitrogen and oxygen atoms in total. The first-order valence-electron chi connectivity index (χ1n) is 6.16. The van der Waals surface area contributed by atoms with Gasteiger partial charge in [-0.25, -0.2) is 0 Å². The number of carbonyl (C=O) groups is 1. The molecule has 0 spiro atoms. The molecule has 1 aromatic heterocycles. The average Bonchev–Trinajstić information content (AvgIpc) is 2.39. The van der Waals surface area contributed by atoms with Crippen molar-refractivity contribution < 1.29 is 4.79 Å². The van der Waals surface area contributed by atoms with Gasteiger partial charge in [-0.2, -0.15) is 0 Å². The lowest BCUT2D eigenvalue weighted by Crippen LogP contribution is -2.28. The van der Waals surface area contributed by atoms with E-state index < -0.39 is 0 Å². The molecule has 0 amide bonds. The first-order valence-corrected chi connectivity index (χ1v) is 6.16. The first kappa shape index (κ1) is 12.0. The summed E-state index contributed by atoms with van der Waals surface area (Å²) in [6, 6.07) is 3.79. The van der Waals surface area contributed by atoms with Crippen LogP contribution in [0.4, 0.5) is 0 Å². The van der Waals surface area contributed by atoms with Gasteiger partial charge in [0.05, 0.1) is 0 Å². The van der Waals surface area contributed by atoms with Crippen LogP contribution in [0.1, 0.15) is 24.8 Å². The fourth-order valence-corrected chi connectivity index (χ4v) is 2.10. The summed E-state index contributed by atoms with van der Waals surface area (Å²) in [7, 11) is 0. The number of hydrogen-bond donors (Lipinski definition) is 1. The lowest BCUT2D eigenvalue weighted by atomic mass is 9.92. The first-order chi connectivity index (χ1) is 8.34. The van der Waals surface area contributed by atoms with Crippen molar-refractivity contribution in [2.45, 2.75) is 19.3 Å². The van der Waals surface area contributed by atoms with Crippen molar-refractivity contribution in [1.29, 1.82) is 0 Å². The molecule has 2 heterocycles. The van der Waals surface area contributed by atoms with Gasteiger partial charge in [-0.1, -0.05) is 6.08 Å². The standard InChI is InChI=1S/C14H18N2O/c17-14(11-13-5-9-16-10-6-13)2-1-12-3-7-15-8-4-12/h1-4,7-8,13,16H,5-6,9-11H2/b2-1+. The number of nitrogens with one attached hydrogen (secondary N) is 1. The van der Waals surface area contributed by atoms with Crippen molar-refractivity contribution in [3.05, 3.63) is 36.2 Å². The van der Waals surface area contributed by atoms with Crippen LogP contribution in [0.3, 0.4) is 0 Å². The molecule has 1 aromatic rings. The summed E-state index contributed by atoms with van der Waals surface area (Å²) in [6.45, 7) is 2.10. The zero-order valence-electron chi connectivity index (χ0n) is 9.93. The fourth-order valence-electron chi connectivity index (χ4n) is 2.10. The number of ketones is 1. The van der Waals surface area contributed by atoms with Crippen molar-refractivity contribution in [3.63, 3.8) is 0 Å².